The molecule has 8 aromatic carbocycles. The van der Waals surface area contributed by atoms with Crippen molar-refractivity contribution in [2.45, 2.75) is 0 Å². The minimum Gasteiger partial charge on any atom is -0.310 e. The highest BCUT2D eigenvalue weighted by Crippen LogP contribution is 2.46. The Labute approximate surface area is 318 Å². The van der Waals surface area contributed by atoms with Gasteiger partial charge in [0.05, 0.1) is 16.9 Å². The lowest BCUT2D eigenvalue weighted by Crippen LogP contribution is -2.10. The zero-order valence-electron chi connectivity index (χ0n) is 29.8. The molecule has 0 bridgehead atoms. The summed E-state index contributed by atoms with van der Waals surface area (Å²) in [5.74, 6) is 1.82. The molecule has 5 nitrogen and oxygen atoms in total. The Balaban J connectivity index is 1.29. The molecule has 0 atom stereocenters. The number of nitrogens with zero attached hydrogens (tertiary/aromatic N) is 5. The molecule has 5 heteroatoms. The average molecular weight is 704 g/mol. The van der Waals surface area contributed by atoms with Gasteiger partial charge in [-0.05, 0) is 41.8 Å². The Morgan fingerprint density at radius 3 is 1.38 bits per heavy atom. The first-order valence-electron chi connectivity index (χ1n) is 18.4. The zero-order chi connectivity index (χ0) is 36.6. The van der Waals surface area contributed by atoms with Gasteiger partial charge in [-0.3, -0.25) is 0 Å². The van der Waals surface area contributed by atoms with E-state index in [1.165, 1.54) is 0 Å². The van der Waals surface area contributed by atoms with Gasteiger partial charge in [0.1, 0.15) is 0 Å². The molecule has 0 radical (unpaired) electrons. The minimum atomic E-state index is 0.586. The van der Waals surface area contributed by atoms with Crippen LogP contribution in [0.5, 0.6) is 0 Å². The van der Waals surface area contributed by atoms with Crippen LogP contribution >= 0.6 is 0 Å². The second-order valence-electron chi connectivity index (χ2n) is 13.4. The van der Waals surface area contributed by atoms with Gasteiger partial charge in [0.2, 0.25) is 0 Å². The summed E-state index contributed by atoms with van der Waals surface area (Å²) in [4.78, 5) is 23.1. The zero-order valence-corrected chi connectivity index (χ0v) is 29.8. The maximum atomic E-state index is 5.48. The van der Waals surface area contributed by atoms with Gasteiger partial charge in [-0.1, -0.05) is 164 Å². The smallest absolute Gasteiger partial charge is 0.164 e. The van der Waals surface area contributed by atoms with E-state index >= 15 is 0 Å². The Hall–Kier alpha value is -7.50. The van der Waals surface area contributed by atoms with Crippen LogP contribution in [0.15, 0.2) is 200 Å². The first-order valence-corrected chi connectivity index (χ1v) is 18.4. The largest absolute Gasteiger partial charge is 0.310 e. The summed E-state index contributed by atoms with van der Waals surface area (Å²) in [6.45, 7) is 0. The summed E-state index contributed by atoms with van der Waals surface area (Å²) >= 11 is 0. The number of rotatable bonds is 7. The average Bonchev–Trinajstić information content (AvgIpc) is 3.27. The normalized spacial score (nSPS) is 11.3. The van der Waals surface area contributed by atoms with Crippen molar-refractivity contribution in [2.75, 3.05) is 4.90 Å². The quantitative estimate of drug-likeness (QED) is 0.155. The van der Waals surface area contributed by atoms with Crippen LogP contribution in [0.4, 0.5) is 17.1 Å². The minimum absolute atomic E-state index is 0.586. The molecule has 0 saturated carbocycles. The van der Waals surface area contributed by atoms with Crippen LogP contribution < -0.4 is 4.90 Å². The Bertz CT molecular complexity index is 2870. The molecule has 2 aromatic heterocycles. The number of pyridine rings is 1. The van der Waals surface area contributed by atoms with E-state index in [1.807, 2.05) is 66.7 Å². The van der Waals surface area contributed by atoms with Crippen LogP contribution in [0.25, 0.3) is 77.9 Å². The van der Waals surface area contributed by atoms with Crippen LogP contribution in [0.2, 0.25) is 0 Å². The molecule has 0 fully saturated rings. The van der Waals surface area contributed by atoms with E-state index in [2.05, 4.69) is 138 Å². The van der Waals surface area contributed by atoms with Crippen LogP contribution in [0.3, 0.4) is 0 Å². The highest BCUT2D eigenvalue weighted by atomic mass is 15.1. The molecule has 55 heavy (non-hydrogen) atoms. The molecule has 258 valence electrons. The van der Waals surface area contributed by atoms with Crippen molar-refractivity contribution in [3.8, 4) is 45.4 Å². The molecule has 2 heterocycles. The lowest BCUT2D eigenvalue weighted by Gasteiger charge is -2.28. The number of hydrogen-bond donors (Lipinski definition) is 0. The number of hydrogen-bond acceptors (Lipinski definition) is 5. The molecule has 0 N–H and O–H groups in total. The summed E-state index contributed by atoms with van der Waals surface area (Å²) in [5.41, 5.74) is 8.65. The standard InChI is InChI=1S/C50H33N5/c1-5-19-34(20-6-1)48-52-49(35-21-7-2-8-22-35)54-50(53-48)41-30-16-15-29-40(41)47-43-33-45(55(36-23-9-3-10-24-36)37-25-11-4-12-26-37)38-27-13-14-28-39(38)46(43)42-31-17-18-32-44(42)51-47/h1-33H. The maximum absolute atomic E-state index is 5.48. The first-order chi connectivity index (χ1) is 27.3. The van der Waals surface area contributed by atoms with Crippen molar-refractivity contribution < 1.29 is 0 Å². The molecule has 0 aliphatic rings. The van der Waals surface area contributed by atoms with Crippen LogP contribution in [-0.4, -0.2) is 19.9 Å². The molecule has 10 rings (SSSR count). The fourth-order valence-corrected chi connectivity index (χ4v) is 7.58. The third-order valence-corrected chi connectivity index (χ3v) is 10.1. The van der Waals surface area contributed by atoms with E-state index < -0.39 is 0 Å². The molecule has 0 saturated heterocycles. The molecule has 10 aromatic rings. The van der Waals surface area contributed by atoms with E-state index in [9.17, 15) is 0 Å². The lowest BCUT2D eigenvalue weighted by molar-refractivity contribution is 1.07. The van der Waals surface area contributed by atoms with Crippen molar-refractivity contribution in [2.24, 2.45) is 0 Å². The van der Waals surface area contributed by atoms with Crippen LogP contribution in [-0.2, 0) is 0 Å². The molecule has 0 amide bonds. The molecule has 0 aliphatic carbocycles. The lowest BCUT2D eigenvalue weighted by atomic mass is 9.92. The fraction of sp³-hybridized carbons (Fsp3) is 0. The molecule has 0 aliphatic heterocycles. The third kappa shape index (κ3) is 5.85. The van der Waals surface area contributed by atoms with Crippen molar-refractivity contribution in [3.63, 3.8) is 0 Å². The third-order valence-electron chi connectivity index (χ3n) is 10.1. The van der Waals surface area contributed by atoms with Crippen LogP contribution in [0.1, 0.15) is 0 Å². The second-order valence-corrected chi connectivity index (χ2v) is 13.4. The molecule has 0 unspecified atom stereocenters. The number of anilines is 3. The Morgan fingerprint density at radius 2 is 0.782 bits per heavy atom. The number of benzene rings is 8. The predicted octanol–water partition coefficient (Wildman–Crippen LogP) is 12.9. The van der Waals surface area contributed by atoms with E-state index in [0.717, 1.165) is 77.5 Å². The topological polar surface area (TPSA) is 54.8 Å². The van der Waals surface area contributed by atoms with Gasteiger partial charge in [-0.25, -0.2) is 19.9 Å². The SMILES string of the molecule is c1ccc(-c2nc(-c3ccccc3)nc(-c3ccccc3-c3nc4ccccc4c4c3cc(N(c3ccccc3)c3ccccc3)c3ccccc34)n2)cc1. The highest BCUT2D eigenvalue weighted by molar-refractivity contribution is 6.26. The molecular weight excluding hydrogens is 671 g/mol. The van der Waals surface area contributed by atoms with Gasteiger partial charge >= 0.3 is 0 Å². The van der Waals surface area contributed by atoms with Crippen molar-refractivity contribution in [1.29, 1.82) is 0 Å². The maximum Gasteiger partial charge on any atom is 0.164 e. The first kappa shape index (κ1) is 32.2. The van der Waals surface area contributed by atoms with Crippen LogP contribution in [0, 0.1) is 0 Å². The summed E-state index contributed by atoms with van der Waals surface area (Å²) in [6, 6.07) is 69.2. The number of fused-ring (bicyclic) bond motifs is 5. The summed E-state index contributed by atoms with van der Waals surface area (Å²) < 4.78 is 0. The van der Waals surface area contributed by atoms with Gasteiger partial charge < -0.3 is 4.90 Å². The van der Waals surface area contributed by atoms with Gasteiger partial charge in [-0.2, -0.15) is 0 Å². The predicted molar refractivity (Wildman–Crippen MR) is 227 cm³/mol. The van der Waals surface area contributed by atoms with Gasteiger partial charge in [0.25, 0.3) is 0 Å². The van der Waals surface area contributed by atoms with Gasteiger partial charge in [0.15, 0.2) is 17.5 Å². The van der Waals surface area contributed by atoms with E-state index in [0.29, 0.717) is 17.5 Å². The summed E-state index contributed by atoms with van der Waals surface area (Å²) in [5, 5.41) is 5.60. The van der Waals surface area contributed by atoms with E-state index in [1.54, 1.807) is 0 Å². The number of aromatic nitrogens is 4. The fourth-order valence-electron chi connectivity index (χ4n) is 7.58. The summed E-state index contributed by atoms with van der Waals surface area (Å²) in [7, 11) is 0. The van der Waals surface area contributed by atoms with Gasteiger partial charge in [0, 0.05) is 55.2 Å². The number of para-hydroxylation sites is 3. The van der Waals surface area contributed by atoms with Crippen molar-refractivity contribution in [1.82, 2.24) is 19.9 Å². The van der Waals surface area contributed by atoms with Gasteiger partial charge in [-0.15, -0.1) is 0 Å². The highest BCUT2D eigenvalue weighted by Gasteiger charge is 2.23. The van der Waals surface area contributed by atoms with E-state index in [4.69, 9.17) is 19.9 Å². The Morgan fingerprint density at radius 1 is 0.327 bits per heavy atom. The van der Waals surface area contributed by atoms with Crippen molar-refractivity contribution in [3.05, 3.63) is 200 Å². The molecular formula is C50H33N5. The monoisotopic (exact) mass is 703 g/mol. The van der Waals surface area contributed by atoms with Crippen molar-refractivity contribution >= 4 is 49.5 Å². The van der Waals surface area contributed by atoms with E-state index in [-0.39, 0.29) is 0 Å². The Kier molecular flexibility index (Phi) is 8.08. The molecule has 0 spiro atoms. The second kappa shape index (κ2) is 13.8. The summed E-state index contributed by atoms with van der Waals surface area (Å²) in [6.07, 6.45) is 0.